The maximum Gasteiger partial charge on any atom is 0.265 e. The van der Waals surface area contributed by atoms with Crippen LogP contribution in [0.4, 0.5) is 11.4 Å². The Kier molecular flexibility index (Phi) is 3.69. The van der Waals surface area contributed by atoms with Crippen molar-refractivity contribution < 1.29 is 9.59 Å². The zero-order valence-corrected chi connectivity index (χ0v) is 12.9. The number of hydrogen-bond donors (Lipinski definition) is 1. The first kappa shape index (κ1) is 14.1. The molecule has 1 aliphatic rings. The minimum absolute atomic E-state index is 0.0405. The highest BCUT2D eigenvalue weighted by molar-refractivity contribution is 7.18. The number of carbonyl (C=O) groups excluding carboxylic acids is 2. The summed E-state index contributed by atoms with van der Waals surface area (Å²) in [7, 11) is 0. The summed E-state index contributed by atoms with van der Waals surface area (Å²) >= 11 is 7.08. The zero-order chi connectivity index (χ0) is 15.0. The van der Waals surface area contributed by atoms with E-state index in [1.807, 2.05) is 18.2 Å². The Bertz CT molecular complexity index is 726. The lowest BCUT2D eigenvalue weighted by Crippen LogP contribution is -2.25. The average molecular weight is 321 g/mol. The number of rotatable bonds is 2. The fourth-order valence-corrected chi connectivity index (χ4v) is 3.37. The summed E-state index contributed by atoms with van der Waals surface area (Å²) in [6.07, 6.45) is 0.809. The monoisotopic (exact) mass is 320 g/mol. The summed E-state index contributed by atoms with van der Waals surface area (Å²) in [5, 5.41) is 2.85. The van der Waals surface area contributed by atoms with Crippen molar-refractivity contribution in [3.05, 3.63) is 45.1 Å². The molecule has 2 heterocycles. The molecule has 6 heteroatoms. The minimum atomic E-state index is -0.173. The largest absolute Gasteiger partial charge is 0.321 e. The molecule has 0 fully saturated rings. The molecular weight excluding hydrogens is 308 g/mol. The smallest absolute Gasteiger partial charge is 0.265 e. The van der Waals surface area contributed by atoms with Gasteiger partial charge in [-0.25, -0.2) is 0 Å². The van der Waals surface area contributed by atoms with Crippen LogP contribution in [0.3, 0.4) is 0 Å². The van der Waals surface area contributed by atoms with Crippen molar-refractivity contribution in [3.63, 3.8) is 0 Å². The highest BCUT2D eigenvalue weighted by atomic mass is 35.5. The Balaban J connectivity index is 1.79. The molecular formula is C15H13ClN2O2S. The first-order valence-corrected chi connectivity index (χ1v) is 7.72. The summed E-state index contributed by atoms with van der Waals surface area (Å²) in [6.45, 7) is 2.26. The van der Waals surface area contributed by atoms with Crippen LogP contribution in [0.15, 0.2) is 30.3 Å². The molecule has 4 nitrogen and oxygen atoms in total. The van der Waals surface area contributed by atoms with E-state index >= 15 is 0 Å². The van der Waals surface area contributed by atoms with Crippen LogP contribution >= 0.6 is 22.9 Å². The molecule has 108 valence electrons. The van der Waals surface area contributed by atoms with Crippen LogP contribution in [-0.2, 0) is 11.2 Å². The number of nitrogens with one attached hydrogen (secondary N) is 1. The first-order chi connectivity index (χ1) is 10.0. The van der Waals surface area contributed by atoms with Gasteiger partial charge in [0, 0.05) is 24.8 Å². The van der Waals surface area contributed by atoms with Gasteiger partial charge in [0.25, 0.3) is 5.91 Å². The van der Waals surface area contributed by atoms with Crippen molar-refractivity contribution >= 4 is 46.1 Å². The second-order valence-electron chi connectivity index (χ2n) is 4.82. The van der Waals surface area contributed by atoms with Gasteiger partial charge >= 0.3 is 0 Å². The number of carbonyl (C=O) groups is 2. The van der Waals surface area contributed by atoms with Crippen molar-refractivity contribution in [3.8, 4) is 0 Å². The van der Waals surface area contributed by atoms with Gasteiger partial charge in [0.05, 0.1) is 9.21 Å². The van der Waals surface area contributed by atoms with Crippen LogP contribution < -0.4 is 10.2 Å². The topological polar surface area (TPSA) is 49.4 Å². The van der Waals surface area contributed by atoms with E-state index in [-0.39, 0.29) is 11.8 Å². The summed E-state index contributed by atoms with van der Waals surface area (Å²) < 4.78 is 0.589. The van der Waals surface area contributed by atoms with Crippen molar-refractivity contribution in [2.24, 2.45) is 0 Å². The molecule has 1 N–H and O–H groups in total. The maximum atomic E-state index is 12.1. The van der Waals surface area contributed by atoms with Gasteiger partial charge in [0.2, 0.25) is 5.91 Å². The van der Waals surface area contributed by atoms with Crippen molar-refractivity contribution in [1.29, 1.82) is 0 Å². The van der Waals surface area contributed by atoms with Crippen LogP contribution in [0.25, 0.3) is 0 Å². The van der Waals surface area contributed by atoms with E-state index in [0.717, 1.165) is 23.4 Å². The minimum Gasteiger partial charge on any atom is -0.321 e. The Morgan fingerprint density at radius 3 is 2.76 bits per heavy atom. The quantitative estimate of drug-likeness (QED) is 0.919. The van der Waals surface area contributed by atoms with E-state index < -0.39 is 0 Å². The molecule has 0 atom stereocenters. The number of fused-ring (bicyclic) bond motifs is 1. The summed E-state index contributed by atoms with van der Waals surface area (Å²) in [4.78, 5) is 25.9. The number of nitrogens with zero attached hydrogens (tertiary/aromatic N) is 1. The van der Waals surface area contributed by atoms with Crippen LogP contribution in [0.2, 0.25) is 4.34 Å². The van der Waals surface area contributed by atoms with E-state index in [4.69, 9.17) is 11.6 Å². The number of benzene rings is 1. The van der Waals surface area contributed by atoms with Gasteiger partial charge in [0.1, 0.15) is 0 Å². The third-order valence-corrected chi connectivity index (χ3v) is 4.64. The molecule has 0 bridgehead atoms. The van der Waals surface area contributed by atoms with Gasteiger partial charge in [-0.15, -0.1) is 11.3 Å². The highest BCUT2D eigenvalue weighted by Gasteiger charge is 2.22. The van der Waals surface area contributed by atoms with Gasteiger partial charge in [-0.1, -0.05) is 11.6 Å². The van der Waals surface area contributed by atoms with Gasteiger partial charge < -0.3 is 10.2 Å². The van der Waals surface area contributed by atoms with Gasteiger partial charge in [-0.2, -0.15) is 0 Å². The molecule has 0 radical (unpaired) electrons. The Morgan fingerprint density at radius 2 is 2.10 bits per heavy atom. The van der Waals surface area contributed by atoms with Crippen molar-refractivity contribution in [2.75, 3.05) is 16.8 Å². The second-order valence-corrected chi connectivity index (χ2v) is 6.54. The Hall–Kier alpha value is -1.85. The lowest BCUT2D eigenvalue weighted by atomic mass is 10.1. The molecule has 1 aliphatic heterocycles. The van der Waals surface area contributed by atoms with E-state index in [0.29, 0.717) is 15.8 Å². The maximum absolute atomic E-state index is 12.1. The summed E-state index contributed by atoms with van der Waals surface area (Å²) in [6, 6.07) is 9.01. The van der Waals surface area contributed by atoms with Crippen LogP contribution in [0.1, 0.15) is 22.2 Å². The van der Waals surface area contributed by atoms with E-state index in [1.165, 1.54) is 11.3 Å². The molecule has 2 amide bonds. The molecule has 2 aromatic rings. The molecule has 3 rings (SSSR count). The first-order valence-electron chi connectivity index (χ1n) is 6.52. The molecule has 0 saturated heterocycles. The van der Waals surface area contributed by atoms with Gasteiger partial charge in [-0.05, 0) is 42.3 Å². The molecule has 0 aliphatic carbocycles. The highest BCUT2D eigenvalue weighted by Crippen LogP contribution is 2.31. The predicted molar refractivity (Wildman–Crippen MR) is 85.5 cm³/mol. The number of hydrogen-bond acceptors (Lipinski definition) is 3. The molecule has 1 aromatic carbocycles. The third-order valence-electron chi connectivity index (χ3n) is 3.41. The van der Waals surface area contributed by atoms with Gasteiger partial charge in [0.15, 0.2) is 0 Å². The Labute approximate surface area is 131 Å². The van der Waals surface area contributed by atoms with E-state index in [9.17, 15) is 9.59 Å². The number of thiophene rings is 1. The lowest BCUT2D eigenvalue weighted by molar-refractivity contribution is -0.116. The van der Waals surface area contributed by atoms with E-state index in [2.05, 4.69) is 5.32 Å². The molecule has 1 aromatic heterocycles. The van der Waals surface area contributed by atoms with Gasteiger partial charge in [-0.3, -0.25) is 9.59 Å². The molecule has 21 heavy (non-hydrogen) atoms. The van der Waals surface area contributed by atoms with Crippen LogP contribution in [0.5, 0.6) is 0 Å². The number of halogens is 1. The van der Waals surface area contributed by atoms with Crippen LogP contribution in [-0.4, -0.2) is 18.4 Å². The van der Waals surface area contributed by atoms with Crippen LogP contribution in [0, 0.1) is 0 Å². The fourth-order valence-electron chi connectivity index (χ4n) is 2.44. The van der Waals surface area contributed by atoms with E-state index in [1.54, 1.807) is 24.0 Å². The zero-order valence-electron chi connectivity index (χ0n) is 11.4. The molecule has 0 unspecified atom stereocenters. The third kappa shape index (κ3) is 2.80. The standard InChI is InChI=1S/C15H13ClN2O2S/c1-9(19)18-7-6-10-8-11(2-3-12(10)18)17-15(20)13-4-5-14(16)21-13/h2-5,8H,6-7H2,1H3,(H,17,20). The van der Waals surface area contributed by atoms with Crippen molar-refractivity contribution in [2.45, 2.75) is 13.3 Å². The normalized spacial score (nSPS) is 13.1. The predicted octanol–water partition coefficient (Wildman–Crippen LogP) is 3.56. The summed E-state index contributed by atoms with van der Waals surface area (Å²) in [5.41, 5.74) is 2.74. The Morgan fingerprint density at radius 1 is 1.29 bits per heavy atom. The summed E-state index contributed by atoms with van der Waals surface area (Å²) in [5.74, 6) is -0.132. The number of anilines is 2. The second kappa shape index (κ2) is 5.50. The lowest BCUT2D eigenvalue weighted by Gasteiger charge is -2.15. The van der Waals surface area contributed by atoms with Crippen molar-refractivity contribution in [1.82, 2.24) is 0 Å². The number of amides is 2. The fraction of sp³-hybridized carbons (Fsp3) is 0.200. The average Bonchev–Trinajstić information content (AvgIpc) is 3.04. The molecule has 0 saturated carbocycles. The molecule has 0 spiro atoms. The SMILES string of the molecule is CC(=O)N1CCc2cc(NC(=O)c3ccc(Cl)s3)ccc21.